The molecular weight excluding hydrogens is 414 g/mol. The van der Waals surface area contributed by atoms with Crippen LogP contribution in [0.1, 0.15) is 53.3 Å². The van der Waals surface area contributed by atoms with Gasteiger partial charge in [-0.1, -0.05) is 13.0 Å². The summed E-state index contributed by atoms with van der Waals surface area (Å²) in [4.78, 5) is 25.0. The number of carbonyl (C=O) groups excluding carboxylic acids is 2. The van der Waals surface area contributed by atoms with Crippen LogP contribution in [0.2, 0.25) is 0 Å². The zero-order valence-electron chi connectivity index (χ0n) is 17.5. The Balaban J connectivity index is 1.43. The maximum Gasteiger partial charge on any atom is 0.255 e. The summed E-state index contributed by atoms with van der Waals surface area (Å²) in [5, 5.41) is 5.69. The molecule has 1 aliphatic carbocycles. The van der Waals surface area contributed by atoms with Crippen molar-refractivity contribution in [1.29, 1.82) is 0 Å². The Morgan fingerprint density at radius 3 is 2.39 bits per heavy atom. The van der Waals surface area contributed by atoms with E-state index in [1.54, 1.807) is 24.3 Å². The molecule has 2 fully saturated rings. The molecule has 0 bridgehead atoms. The lowest BCUT2D eigenvalue weighted by molar-refractivity contribution is 0.0949. The van der Waals surface area contributed by atoms with Crippen LogP contribution >= 0.6 is 0 Å². The molecule has 2 aromatic rings. The van der Waals surface area contributed by atoms with E-state index in [-0.39, 0.29) is 22.8 Å². The number of piperidine rings is 1. The maximum atomic E-state index is 12.9. The molecule has 8 heteroatoms. The van der Waals surface area contributed by atoms with Crippen molar-refractivity contribution in [3.63, 3.8) is 0 Å². The molecule has 0 spiro atoms. The maximum absolute atomic E-state index is 12.9. The molecule has 0 aromatic heterocycles. The summed E-state index contributed by atoms with van der Waals surface area (Å²) >= 11 is 0. The first-order valence-electron chi connectivity index (χ1n) is 10.7. The minimum Gasteiger partial charge on any atom is -0.349 e. The van der Waals surface area contributed by atoms with Gasteiger partial charge in [-0.05, 0) is 74.1 Å². The molecule has 7 nitrogen and oxygen atoms in total. The molecule has 1 atom stereocenters. The first-order valence-corrected chi connectivity index (χ1v) is 12.1. The van der Waals surface area contributed by atoms with Gasteiger partial charge in [-0.2, -0.15) is 4.31 Å². The predicted molar refractivity (Wildman–Crippen MR) is 118 cm³/mol. The van der Waals surface area contributed by atoms with Crippen molar-refractivity contribution in [2.45, 2.75) is 43.5 Å². The lowest BCUT2D eigenvalue weighted by atomic mass is 10.0. The normalized spacial score (nSPS) is 19.6. The van der Waals surface area contributed by atoms with Crippen LogP contribution in [0.15, 0.2) is 53.4 Å². The standard InChI is InChI=1S/C23H27N3O4S/c1-16-4-3-13-26(15-16)31(29,30)21-11-7-17(8-12-21)22(27)25-20-6-2-5-18(14-20)23(28)24-19-9-10-19/h2,5-8,11-12,14,16,19H,3-4,9-10,13,15H2,1H3,(H,24,28)(H,25,27)/t16-/m0/s1. The van der Waals surface area contributed by atoms with Crippen LogP contribution in [-0.2, 0) is 10.0 Å². The third-order valence-electron chi connectivity index (χ3n) is 5.67. The smallest absolute Gasteiger partial charge is 0.255 e. The first-order chi connectivity index (χ1) is 14.8. The van der Waals surface area contributed by atoms with Crippen molar-refractivity contribution < 1.29 is 18.0 Å². The summed E-state index contributed by atoms with van der Waals surface area (Å²) in [6.07, 6.45) is 3.91. The van der Waals surface area contributed by atoms with Gasteiger partial charge in [-0.25, -0.2) is 8.42 Å². The SMILES string of the molecule is C[C@H]1CCCN(S(=O)(=O)c2ccc(C(=O)Nc3cccc(C(=O)NC4CC4)c3)cc2)C1. The van der Waals surface area contributed by atoms with E-state index >= 15 is 0 Å². The number of anilines is 1. The Bertz CT molecular complexity index is 1080. The Morgan fingerprint density at radius 1 is 0.968 bits per heavy atom. The average molecular weight is 442 g/mol. The van der Waals surface area contributed by atoms with Crippen LogP contribution in [0.25, 0.3) is 0 Å². The molecule has 2 aliphatic rings. The van der Waals surface area contributed by atoms with Gasteiger partial charge in [-0.15, -0.1) is 0 Å². The minimum absolute atomic E-state index is 0.153. The Kier molecular flexibility index (Phi) is 6.11. The van der Waals surface area contributed by atoms with Gasteiger partial charge in [0, 0.05) is 35.9 Å². The van der Waals surface area contributed by atoms with Crippen molar-refractivity contribution in [2.24, 2.45) is 5.92 Å². The molecule has 1 heterocycles. The van der Waals surface area contributed by atoms with Gasteiger partial charge in [0.05, 0.1) is 4.90 Å². The highest BCUT2D eigenvalue weighted by molar-refractivity contribution is 7.89. The molecule has 31 heavy (non-hydrogen) atoms. The zero-order valence-corrected chi connectivity index (χ0v) is 18.3. The van der Waals surface area contributed by atoms with Crippen molar-refractivity contribution in [2.75, 3.05) is 18.4 Å². The van der Waals surface area contributed by atoms with Crippen molar-refractivity contribution in [3.05, 3.63) is 59.7 Å². The Hall–Kier alpha value is -2.71. The molecule has 2 aromatic carbocycles. The fourth-order valence-corrected chi connectivity index (χ4v) is 5.33. The van der Waals surface area contributed by atoms with E-state index in [1.807, 2.05) is 0 Å². The quantitative estimate of drug-likeness (QED) is 0.719. The Labute approximate surface area is 182 Å². The highest BCUT2D eigenvalue weighted by atomic mass is 32.2. The van der Waals surface area contributed by atoms with E-state index in [0.717, 1.165) is 25.7 Å². The number of hydrogen-bond donors (Lipinski definition) is 2. The van der Waals surface area contributed by atoms with Gasteiger partial charge in [0.2, 0.25) is 10.0 Å². The number of benzene rings is 2. The molecule has 1 saturated heterocycles. The molecule has 2 amide bonds. The van der Waals surface area contributed by atoms with E-state index in [0.29, 0.717) is 35.8 Å². The Morgan fingerprint density at radius 2 is 1.71 bits per heavy atom. The zero-order chi connectivity index (χ0) is 22.0. The van der Waals surface area contributed by atoms with E-state index in [9.17, 15) is 18.0 Å². The lowest BCUT2D eigenvalue weighted by Crippen LogP contribution is -2.39. The molecule has 0 radical (unpaired) electrons. The molecule has 1 saturated carbocycles. The molecule has 164 valence electrons. The summed E-state index contributed by atoms with van der Waals surface area (Å²) in [6.45, 7) is 3.11. The fraction of sp³-hybridized carbons (Fsp3) is 0.391. The number of sulfonamides is 1. The van der Waals surface area contributed by atoms with Crippen molar-refractivity contribution >= 4 is 27.5 Å². The first kappa shape index (κ1) is 21.5. The third kappa shape index (κ3) is 5.14. The second-order valence-electron chi connectivity index (χ2n) is 8.42. The molecule has 2 N–H and O–H groups in total. The van der Waals surface area contributed by atoms with Crippen LogP contribution < -0.4 is 10.6 Å². The van der Waals surface area contributed by atoms with Crippen LogP contribution in [0.4, 0.5) is 5.69 Å². The third-order valence-corrected chi connectivity index (χ3v) is 7.55. The number of nitrogens with zero attached hydrogens (tertiary/aromatic N) is 1. The number of amides is 2. The van der Waals surface area contributed by atoms with E-state index in [4.69, 9.17) is 0 Å². The predicted octanol–water partition coefficient (Wildman–Crippen LogP) is 3.25. The van der Waals surface area contributed by atoms with Crippen LogP contribution in [0.3, 0.4) is 0 Å². The van der Waals surface area contributed by atoms with Gasteiger partial charge in [-0.3, -0.25) is 9.59 Å². The highest BCUT2D eigenvalue weighted by Gasteiger charge is 2.28. The summed E-state index contributed by atoms with van der Waals surface area (Å²) in [6, 6.07) is 13.0. The number of rotatable bonds is 6. The number of hydrogen-bond acceptors (Lipinski definition) is 4. The largest absolute Gasteiger partial charge is 0.349 e. The molecular formula is C23H27N3O4S. The monoisotopic (exact) mass is 441 g/mol. The van der Waals surface area contributed by atoms with Gasteiger partial charge < -0.3 is 10.6 Å². The van der Waals surface area contributed by atoms with Gasteiger partial charge >= 0.3 is 0 Å². The fourth-order valence-electron chi connectivity index (χ4n) is 3.73. The van der Waals surface area contributed by atoms with Gasteiger partial charge in [0.25, 0.3) is 11.8 Å². The van der Waals surface area contributed by atoms with E-state index in [2.05, 4.69) is 17.6 Å². The summed E-state index contributed by atoms with van der Waals surface area (Å²) < 4.78 is 27.3. The van der Waals surface area contributed by atoms with Crippen molar-refractivity contribution in [3.8, 4) is 0 Å². The summed E-state index contributed by atoms with van der Waals surface area (Å²) in [5.41, 5.74) is 1.34. The number of nitrogens with one attached hydrogen (secondary N) is 2. The van der Waals surface area contributed by atoms with E-state index < -0.39 is 10.0 Å². The van der Waals surface area contributed by atoms with Crippen LogP contribution in [-0.4, -0.2) is 43.7 Å². The van der Waals surface area contributed by atoms with Gasteiger partial charge in [0.1, 0.15) is 0 Å². The molecule has 0 unspecified atom stereocenters. The summed E-state index contributed by atoms with van der Waals surface area (Å²) in [7, 11) is -3.56. The lowest BCUT2D eigenvalue weighted by Gasteiger charge is -2.30. The second kappa shape index (κ2) is 8.80. The molecule has 1 aliphatic heterocycles. The van der Waals surface area contributed by atoms with Crippen molar-refractivity contribution in [1.82, 2.24) is 9.62 Å². The topological polar surface area (TPSA) is 95.6 Å². The van der Waals surface area contributed by atoms with Crippen LogP contribution in [0.5, 0.6) is 0 Å². The second-order valence-corrected chi connectivity index (χ2v) is 10.4. The average Bonchev–Trinajstić information content (AvgIpc) is 3.58. The van der Waals surface area contributed by atoms with Crippen LogP contribution in [0, 0.1) is 5.92 Å². The molecule has 4 rings (SSSR count). The highest BCUT2D eigenvalue weighted by Crippen LogP contribution is 2.24. The summed E-state index contributed by atoms with van der Waals surface area (Å²) in [5.74, 6) is -0.175. The minimum atomic E-state index is -3.56. The number of carbonyl (C=O) groups is 2. The van der Waals surface area contributed by atoms with E-state index in [1.165, 1.54) is 28.6 Å². The van der Waals surface area contributed by atoms with Gasteiger partial charge in [0.15, 0.2) is 0 Å².